The summed E-state index contributed by atoms with van der Waals surface area (Å²) in [6.07, 6.45) is 3.16. The second-order valence-corrected chi connectivity index (χ2v) is 9.09. The Balaban J connectivity index is 1.18. The van der Waals surface area contributed by atoms with Gasteiger partial charge < -0.3 is 20.3 Å². The number of rotatable bonds is 7. The third kappa shape index (κ3) is 6.18. The Morgan fingerprint density at radius 2 is 1.82 bits per heavy atom. The number of halogens is 1. The molecule has 0 aromatic heterocycles. The van der Waals surface area contributed by atoms with Crippen LogP contribution in [0.5, 0.6) is 5.75 Å². The van der Waals surface area contributed by atoms with Crippen LogP contribution in [0, 0.1) is 0 Å². The van der Waals surface area contributed by atoms with Crippen LogP contribution in [0.3, 0.4) is 0 Å². The normalized spacial score (nSPS) is 19.3. The van der Waals surface area contributed by atoms with Crippen molar-refractivity contribution >= 4 is 29.1 Å². The third-order valence-corrected chi connectivity index (χ3v) is 6.73. The fourth-order valence-corrected chi connectivity index (χ4v) is 4.88. The Hall–Kier alpha value is -2.77. The molecule has 4 rings (SSSR count). The maximum Gasteiger partial charge on any atom is 0.251 e. The highest BCUT2D eigenvalue weighted by molar-refractivity contribution is 6.30. The predicted octanol–water partition coefficient (Wildman–Crippen LogP) is 2.94. The second kappa shape index (κ2) is 10.9. The first-order chi connectivity index (χ1) is 16.0. The zero-order chi connectivity index (χ0) is 23.2. The summed E-state index contributed by atoms with van der Waals surface area (Å²) < 4.78 is 5.25. The average Bonchev–Trinajstić information content (AvgIpc) is 3.31. The van der Waals surface area contributed by atoms with Crippen LogP contribution in [0.25, 0.3) is 0 Å². The van der Waals surface area contributed by atoms with Crippen molar-refractivity contribution in [2.75, 3.05) is 44.7 Å². The number of nitrogens with one attached hydrogen (secondary N) is 2. The van der Waals surface area contributed by atoms with Gasteiger partial charge in [-0.05, 0) is 61.7 Å². The highest BCUT2D eigenvalue weighted by Crippen LogP contribution is 2.26. The summed E-state index contributed by atoms with van der Waals surface area (Å²) in [4.78, 5) is 29.5. The number of hydrogen-bond donors (Lipinski definition) is 2. The Morgan fingerprint density at radius 1 is 1.06 bits per heavy atom. The first-order valence-corrected chi connectivity index (χ1v) is 11.9. The minimum absolute atomic E-state index is 0.0396. The van der Waals surface area contributed by atoms with E-state index in [0.717, 1.165) is 51.2 Å². The SMILES string of the molecule is COc1ccc(N2CCC(N3CCC(NC(=O)CNC(=O)c4cccc(Cl)c4)C3)CC2)cc1. The van der Waals surface area contributed by atoms with E-state index in [1.807, 2.05) is 12.1 Å². The summed E-state index contributed by atoms with van der Waals surface area (Å²) >= 11 is 5.92. The Bertz CT molecular complexity index is 960. The number of likely N-dealkylation sites (tertiary alicyclic amines) is 1. The van der Waals surface area contributed by atoms with Crippen LogP contribution in [0.4, 0.5) is 5.69 Å². The van der Waals surface area contributed by atoms with Crippen LogP contribution >= 0.6 is 11.6 Å². The molecular weight excluding hydrogens is 440 g/mol. The fourth-order valence-electron chi connectivity index (χ4n) is 4.69. The minimum Gasteiger partial charge on any atom is -0.497 e. The number of carbonyl (C=O) groups excluding carboxylic acids is 2. The molecule has 1 unspecified atom stereocenters. The summed E-state index contributed by atoms with van der Waals surface area (Å²) in [6.45, 7) is 3.87. The van der Waals surface area contributed by atoms with Crippen LogP contribution in [0.2, 0.25) is 5.02 Å². The van der Waals surface area contributed by atoms with Crippen molar-refractivity contribution in [3.63, 3.8) is 0 Å². The molecule has 2 aliphatic heterocycles. The molecule has 7 nitrogen and oxygen atoms in total. The maximum atomic E-state index is 12.3. The van der Waals surface area contributed by atoms with Crippen molar-refractivity contribution in [2.45, 2.75) is 31.3 Å². The zero-order valence-corrected chi connectivity index (χ0v) is 19.7. The predicted molar refractivity (Wildman–Crippen MR) is 130 cm³/mol. The molecule has 2 aromatic carbocycles. The van der Waals surface area contributed by atoms with Crippen molar-refractivity contribution in [1.29, 1.82) is 0 Å². The minimum atomic E-state index is -0.302. The number of ether oxygens (including phenoxy) is 1. The summed E-state index contributed by atoms with van der Waals surface area (Å²) in [7, 11) is 1.68. The van der Waals surface area contributed by atoms with Crippen molar-refractivity contribution in [3.8, 4) is 5.75 Å². The number of hydrogen-bond acceptors (Lipinski definition) is 5. The van der Waals surface area contributed by atoms with Crippen molar-refractivity contribution in [3.05, 3.63) is 59.1 Å². The van der Waals surface area contributed by atoms with Gasteiger partial charge in [-0.3, -0.25) is 14.5 Å². The quantitative estimate of drug-likeness (QED) is 0.651. The highest BCUT2D eigenvalue weighted by Gasteiger charge is 2.31. The lowest BCUT2D eigenvalue weighted by atomic mass is 10.0. The van der Waals surface area contributed by atoms with E-state index in [-0.39, 0.29) is 24.4 Å². The van der Waals surface area contributed by atoms with Gasteiger partial charge in [0.1, 0.15) is 5.75 Å². The van der Waals surface area contributed by atoms with Crippen molar-refractivity contribution in [1.82, 2.24) is 15.5 Å². The third-order valence-electron chi connectivity index (χ3n) is 6.50. The summed E-state index contributed by atoms with van der Waals surface area (Å²) in [5.41, 5.74) is 1.68. The lowest BCUT2D eigenvalue weighted by Crippen LogP contribution is -2.46. The number of nitrogens with zero attached hydrogens (tertiary/aromatic N) is 2. The molecule has 2 aromatic rings. The largest absolute Gasteiger partial charge is 0.497 e. The fraction of sp³-hybridized carbons (Fsp3) is 0.440. The molecule has 8 heteroatoms. The average molecular weight is 471 g/mol. The van der Waals surface area contributed by atoms with Gasteiger partial charge in [0, 0.05) is 54.5 Å². The van der Waals surface area contributed by atoms with Crippen molar-refractivity contribution < 1.29 is 14.3 Å². The van der Waals surface area contributed by atoms with Crippen molar-refractivity contribution in [2.24, 2.45) is 0 Å². The molecule has 2 saturated heterocycles. The molecule has 1 atom stereocenters. The molecule has 0 aliphatic carbocycles. The van der Waals surface area contributed by atoms with Gasteiger partial charge in [-0.15, -0.1) is 0 Å². The topological polar surface area (TPSA) is 73.9 Å². The van der Waals surface area contributed by atoms with E-state index in [1.165, 1.54) is 5.69 Å². The number of benzene rings is 2. The van der Waals surface area contributed by atoms with E-state index in [2.05, 4.69) is 32.6 Å². The number of methoxy groups -OCH3 is 1. The van der Waals surface area contributed by atoms with Gasteiger partial charge in [0.15, 0.2) is 0 Å². The van der Waals surface area contributed by atoms with E-state index >= 15 is 0 Å². The van der Waals surface area contributed by atoms with Crippen LogP contribution in [0.15, 0.2) is 48.5 Å². The molecule has 176 valence electrons. The zero-order valence-electron chi connectivity index (χ0n) is 18.9. The van der Waals surface area contributed by atoms with Crippen LogP contribution in [-0.4, -0.2) is 68.6 Å². The van der Waals surface area contributed by atoms with Gasteiger partial charge in [0.2, 0.25) is 5.91 Å². The molecule has 0 radical (unpaired) electrons. The van der Waals surface area contributed by atoms with Crippen LogP contribution in [-0.2, 0) is 4.79 Å². The number of piperidine rings is 1. The first kappa shape index (κ1) is 23.4. The number of anilines is 1. The second-order valence-electron chi connectivity index (χ2n) is 8.66. The monoisotopic (exact) mass is 470 g/mol. The van der Waals surface area contributed by atoms with Gasteiger partial charge in [-0.1, -0.05) is 17.7 Å². The summed E-state index contributed by atoms with van der Waals surface area (Å²) in [6, 6.07) is 15.6. The van der Waals surface area contributed by atoms with Crippen LogP contribution < -0.4 is 20.3 Å². The molecular formula is C25H31ClN4O3. The molecule has 2 amide bonds. The molecule has 2 aliphatic rings. The van der Waals surface area contributed by atoms with Gasteiger partial charge in [-0.2, -0.15) is 0 Å². The molecule has 2 heterocycles. The Kier molecular flexibility index (Phi) is 7.73. The summed E-state index contributed by atoms with van der Waals surface area (Å²) in [5, 5.41) is 6.23. The molecule has 2 fully saturated rings. The molecule has 2 N–H and O–H groups in total. The standard InChI is InChI=1S/C25H31ClN4O3/c1-33-23-7-5-21(6-8-23)29-13-10-22(11-14-29)30-12-9-20(17-30)28-24(31)16-27-25(32)18-3-2-4-19(26)15-18/h2-8,15,20,22H,9-14,16-17H2,1H3,(H,27,32)(H,28,31). The van der Waals surface area contributed by atoms with E-state index < -0.39 is 0 Å². The van der Waals surface area contributed by atoms with Gasteiger partial charge in [0.05, 0.1) is 13.7 Å². The molecule has 33 heavy (non-hydrogen) atoms. The molecule has 0 spiro atoms. The lowest BCUT2D eigenvalue weighted by molar-refractivity contribution is -0.120. The highest BCUT2D eigenvalue weighted by atomic mass is 35.5. The first-order valence-electron chi connectivity index (χ1n) is 11.5. The van der Waals surface area contributed by atoms with Crippen LogP contribution in [0.1, 0.15) is 29.6 Å². The maximum absolute atomic E-state index is 12.3. The van der Waals surface area contributed by atoms with E-state index in [1.54, 1.807) is 31.4 Å². The van der Waals surface area contributed by atoms with Gasteiger partial charge in [-0.25, -0.2) is 0 Å². The lowest BCUT2D eigenvalue weighted by Gasteiger charge is -2.38. The molecule has 0 saturated carbocycles. The van der Waals surface area contributed by atoms with E-state index in [0.29, 0.717) is 16.6 Å². The molecule has 0 bridgehead atoms. The Labute approximate surface area is 200 Å². The van der Waals surface area contributed by atoms with Gasteiger partial charge in [0.25, 0.3) is 5.91 Å². The van der Waals surface area contributed by atoms with E-state index in [9.17, 15) is 9.59 Å². The summed E-state index contributed by atoms with van der Waals surface area (Å²) in [5.74, 6) is 0.415. The Morgan fingerprint density at radius 3 is 2.52 bits per heavy atom. The van der Waals surface area contributed by atoms with E-state index in [4.69, 9.17) is 16.3 Å². The smallest absolute Gasteiger partial charge is 0.251 e. The van der Waals surface area contributed by atoms with Gasteiger partial charge >= 0.3 is 0 Å². The number of amides is 2. The number of carbonyl (C=O) groups is 2.